The average molecular weight is 511 g/mol. The molecule has 0 aliphatic carbocycles. The molecule has 6 nitrogen and oxygen atoms in total. The Morgan fingerprint density at radius 3 is 2.23 bits per heavy atom. The van der Waals surface area contributed by atoms with E-state index in [0.29, 0.717) is 34.1 Å². The largest absolute Gasteiger partial charge is 0.462 e. The zero-order chi connectivity index (χ0) is 25.2. The lowest BCUT2D eigenvalue weighted by atomic mass is 10.2. The highest BCUT2D eigenvalue weighted by atomic mass is 35.5. The van der Waals surface area contributed by atoms with Gasteiger partial charge in [-0.3, -0.25) is 9.59 Å². The van der Waals surface area contributed by atoms with E-state index >= 15 is 0 Å². The summed E-state index contributed by atoms with van der Waals surface area (Å²) in [5.41, 5.74) is 2.17. The molecule has 0 saturated carbocycles. The van der Waals surface area contributed by atoms with Crippen molar-refractivity contribution >= 4 is 52.5 Å². The smallest absolute Gasteiger partial charge is 0.338 e. The maximum absolute atomic E-state index is 12.6. The summed E-state index contributed by atoms with van der Waals surface area (Å²) < 4.78 is 5.19. The van der Waals surface area contributed by atoms with Crippen LogP contribution in [0.2, 0.25) is 5.02 Å². The summed E-state index contributed by atoms with van der Waals surface area (Å²) in [4.78, 5) is 37.9. The van der Waals surface area contributed by atoms with Gasteiger partial charge in [0.15, 0.2) is 0 Å². The fraction of sp³-hybridized carbons (Fsp3) is 0.222. The number of carbonyl (C=O) groups excluding carboxylic acids is 3. The number of unbranched alkanes of at least 4 members (excludes halogenated alkanes) is 1. The molecule has 0 heterocycles. The molecule has 8 heteroatoms. The molecule has 1 atom stereocenters. The fourth-order valence-corrected chi connectivity index (χ4v) is 4.09. The SMILES string of the molecule is CCCCOC(=O)c1ccc(NC(=O)C(C)Sc2ccc(NC(=O)c3cccc(Cl)c3)cc2)cc1. The number of benzene rings is 3. The van der Waals surface area contributed by atoms with Crippen molar-refractivity contribution in [3.05, 3.63) is 88.9 Å². The molecule has 1 unspecified atom stereocenters. The topological polar surface area (TPSA) is 84.5 Å². The van der Waals surface area contributed by atoms with Crippen molar-refractivity contribution in [2.75, 3.05) is 17.2 Å². The van der Waals surface area contributed by atoms with Crippen molar-refractivity contribution in [3.63, 3.8) is 0 Å². The molecule has 2 N–H and O–H groups in total. The van der Waals surface area contributed by atoms with Gasteiger partial charge in [0.05, 0.1) is 17.4 Å². The van der Waals surface area contributed by atoms with Crippen molar-refractivity contribution in [3.8, 4) is 0 Å². The maximum Gasteiger partial charge on any atom is 0.338 e. The third kappa shape index (κ3) is 8.16. The van der Waals surface area contributed by atoms with Crippen LogP contribution >= 0.6 is 23.4 Å². The minimum Gasteiger partial charge on any atom is -0.462 e. The molecule has 0 aliphatic rings. The second kappa shape index (κ2) is 13.0. The van der Waals surface area contributed by atoms with Crippen LogP contribution in [0.15, 0.2) is 77.7 Å². The number of thioether (sulfide) groups is 1. The number of ether oxygens (including phenoxy) is 1. The van der Waals surface area contributed by atoms with Crippen LogP contribution in [0.5, 0.6) is 0 Å². The van der Waals surface area contributed by atoms with Gasteiger partial charge >= 0.3 is 5.97 Å². The minimum atomic E-state index is -0.368. The third-order valence-electron chi connectivity index (χ3n) is 5.00. The van der Waals surface area contributed by atoms with Gasteiger partial charge < -0.3 is 15.4 Å². The number of anilines is 2. The van der Waals surface area contributed by atoms with Gasteiger partial charge in [-0.05, 0) is 80.1 Å². The van der Waals surface area contributed by atoms with E-state index < -0.39 is 0 Å². The first kappa shape index (κ1) is 26.3. The Kier molecular flexibility index (Phi) is 9.76. The monoisotopic (exact) mass is 510 g/mol. The normalized spacial score (nSPS) is 11.4. The maximum atomic E-state index is 12.6. The zero-order valence-corrected chi connectivity index (χ0v) is 21.1. The lowest BCUT2D eigenvalue weighted by Crippen LogP contribution is -2.22. The predicted molar refractivity (Wildman–Crippen MR) is 141 cm³/mol. The standard InChI is InChI=1S/C27H27ClN2O4S/c1-3-4-16-34-27(33)19-8-10-22(11-9-19)29-25(31)18(2)35-24-14-12-23(13-15-24)30-26(32)20-6-5-7-21(28)17-20/h5-15,17-18H,3-4,16H2,1-2H3,(H,29,31)(H,30,32). The highest BCUT2D eigenvalue weighted by Crippen LogP contribution is 2.26. The molecule has 0 aromatic heterocycles. The van der Waals surface area contributed by atoms with E-state index in [-0.39, 0.29) is 23.0 Å². The highest BCUT2D eigenvalue weighted by Gasteiger charge is 2.15. The second-order valence-electron chi connectivity index (χ2n) is 7.81. The predicted octanol–water partition coefficient (Wildman–Crippen LogP) is 6.67. The van der Waals surface area contributed by atoms with Gasteiger partial charge in [-0.2, -0.15) is 0 Å². The first-order valence-corrected chi connectivity index (χ1v) is 12.5. The van der Waals surface area contributed by atoms with Gasteiger partial charge in [0.2, 0.25) is 5.91 Å². The van der Waals surface area contributed by atoms with E-state index in [4.69, 9.17) is 16.3 Å². The Bertz CT molecular complexity index is 1170. The van der Waals surface area contributed by atoms with Crippen molar-refractivity contribution < 1.29 is 19.1 Å². The summed E-state index contributed by atoms with van der Waals surface area (Å²) in [5.74, 6) is -0.778. The Hall–Kier alpha value is -3.29. The minimum absolute atomic E-state index is 0.161. The van der Waals surface area contributed by atoms with Crippen LogP contribution in [-0.4, -0.2) is 29.6 Å². The second-order valence-corrected chi connectivity index (χ2v) is 9.66. The van der Waals surface area contributed by atoms with Gasteiger partial charge in [-0.25, -0.2) is 4.79 Å². The molecule has 0 aliphatic heterocycles. The number of rotatable bonds is 10. The molecule has 182 valence electrons. The van der Waals surface area contributed by atoms with Crippen LogP contribution in [0.1, 0.15) is 47.4 Å². The van der Waals surface area contributed by atoms with Gasteiger partial charge in [0.1, 0.15) is 0 Å². The van der Waals surface area contributed by atoms with Crippen molar-refractivity contribution in [2.45, 2.75) is 36.8 Å². The summed E-state index contributed by atoms with van der Waals surface area (Å²) in [6.07, 6.45) is 1.79. The van der Waals surface area contributed by atoms with Crippen LogP contribution in [-0.2, 0) is 9.53 Å². The number of nitrogens with one attached hydrogen (secondary N) is 2. The molecular weight excluding hydrogens is 484 g/mol. The molecule has 3 rings (SSSR count). The molecule has 0 spiro atoms. The van der Waals surface area contributed by atoms with Gasteiger partial charge in [-0.1, -0.05) is 31.0 Å². The molecule has 3 aromatic rings. The molecule has 35 heavy (non-hydrogen) atoms. The summed E-state index contributed by atoms with van der Waals surface area (Å²) in [7, 11) is 0. The summed E-state index contributed by atoms with van der Waals surface area (Å²) >= 11 is 7.34. The Morgan fingerprint density at radius 1 is 0.914 bits per heavy atom. The van der Waals surface area contributed by atoms with E-state index in [1.54, 1.807) is 60.7 Å². The van der Waals surface area contributed by atoms with Crippen LogP contribution in [0, 0.1) is 0 Å². The molecule has 0 radical (unpaired) electrons. The molecule has 0 fully saturated rings. The van der Waals surface area contributed by atoms with Crippen molar-refractivity contribution in [1.29, 1.82) is 0 Å². The van der Waals surface area contributed by atoms with Gasteiger partial charge in [0, 0.05) is 26.9 Å². The molecule has 0 bridgehead atoms. The lowest BCUT2D eigenvalue weighted by Gasteiger charge is -2.13. The molecule has 2 amide bonds. The summed E-state index contributed by atoms with van der Waals surface area (Å²) in [5, 5.41) is 5.83. The first-order chi connectivity index (χ1) is 16.9. The Morgan fingerprint density at radius 2 is 1.57 bits per heavy atom. The van der Waals surface area contributed by atoms with E-state index in [1.807, 2.05) is 26.0 Å². The van der Waals surface area contributed by atoms with Crippen LogP contribution in [0.3, 0.4) is 0 Å². The quantitative estimate of drug-likeness (QED) is 0.181. The highest BCUT2D eigenvalue weighted by molar-refractivity contribution is 8.00. The number of esters is 1. The molecule has 3 aromatic carbocycles. The number of hydrogen-bond acceptors (Lipinski definition) is 5. The van der Waals surface area contributed by atoms with Crippen LogP contribution < -0.4 is 10.6 Å². The molecule has 0 saturated heterocycles. The fourth-order valence-electron chi connectivity index (χ4n) is 3.03. The summed E-state index contributed by atoms with van der Waals surface area (Å²) in [6, 6.07) is 20.6. The first-order valence-electron chi connectivity index (χ1n) is 11.3. The van der Waals surface area contributed by atoms with Crippen LogP contribution in [0.4, 0.5) is 11.4 Å². The van der Waals surface area contributed by atoms with Gasteiger partial charge in [0.25, 0.3) is 5.91 Å². The van der Waals surface area contributed by atoms with E-state index in [9.17, 15) is 14.4 Å². The zero-order valence-electron chi connectivity index (χ0n) is 19.5. The number of hydrogen-bond donors (Lipinski definition) is 2. The number of amides is 2. The van der Waals surface area contributed by atoms with Crippen molar-refractivity contribution in [2.24, 2.45) is 0 Å². The van der Waals surface area contributed by atoms with Crippen LogP contribution in [0.25, 0.3) is 0 Å². The number of carbonyl (C=O) groups is 3. The lowest BCUT2D eigenvalue weighted by molar-refractivity contribution is -0.115. The van der Waals surface area contributed by atoms with E-state index in [0.717, 1.165) is 17.7 Å². The summed E-state index contributed by atoms with van der Waals surface area (Å²) in [6.45, 7) is 4.25. The molecular formula is C27H27ClN2O4S. The van der Waals surface area contributed by atoms with Gasteiger partial charge in [-0.15, -0.1) is 11.8 Å². The van der Waals surface area contributed by atoms with E-state index in [1.165, 1.54) is 11.8 Å². The third-order valence-corrected chi connectivity index (χ3v) is 6.35. The van der Waals surface area contributed by atoms with Crippen molar-refractivity contribution in [1.82, 2.24) is 0 Å². The Labute approximate surface area is 214 Å². The Balaban J connectivity index is 1.50. The van der Waals surface area contributed by atoms with E-state index in [2.05, 4.69) is 10.6 Å². The number of halogens is 1. The average Bonchev–Trinajstić information content (AvgIpc) is 2.85.